The topological polar surface area (TPSA) is 9.23 Å². The van der Waals surface area contributed by atoms with E-state index in [1.54, 1.807) is 5.57 Å². The Hall–Kier alpha value is -0.300. The summed E-state index contributed by atoms with van der Waals surface area (Å²) in [4.78, 5) is 0. The molecule has 0 amide bonds. The average molecular weight is 555 g/mol. The summed E-state index contributed by atoms with van der Waals surface area (Å²) in [5.74, 6) is 5.59. The van der Waals surface area contributed by atoms with Crippen LogP contribution in [-0.2, 0) is 4.74 Å². The maximum Gasteiger partial charge on any atom is 0.0612 e. The molecule has 4 aliphatic rings. The Bertz CT molecular complexity index is 802. The fourth-order valence-corrected chi connectivity index (χ4v) is 10.5. The van der Waals surface area contributed by atoms with Gasteiger partial charge in [0.2, 0.25) is 0 Å². The standard InChI is InChI=1S/C39H70O/c1-29(2)16-15-17-30(3)34-20-21-35-33-19-18-31-28-32(22-25-38(31,7)36(33)23-26-39(34,35)8)40-27-14-12-10-9-11-13-24-37(4,5)6/h18,29-30,32-36H,9-17,19-28H2,1-8H3. The summed E-state index contributed by atoms with van der Waals surface area (Å²) >= 11 is 0. The van der Waals surface area contributed by atoms with Gasteiger partial charge in [0.1, 0.15) is 0 Å². The van der Waals surface area contributed by atoms with Crippen molar-refractivity contribution in [3.05, 3.63) is 11.6 Å². The van der Waals surface area contributed by atoms with Crippen LogP contribution in [0.2, 0.25) is 0 Å². The highest BCUT2D eigenvalue weighted by molar-refractivity contribution is 5.25. The number of rotatable bonds is 14. The molecule has 0 heterocycles. The summed E-state index contributed by atoms with van der Waals surface area (Å²) in [7, 11) is 0. The average Bonchev–Trinajstić information content (AvgIpc) is 3.24. The molecule has 0 saturated heterocycles. The largest absolute Gasteiger partial charge is 0.378 e. The predicted octanol–water partition coefficient (Wildman–Crippen LogP) is 12.2. The third-order valence-electron chi connectivity index (χ3n) is 12.9. The van der Waals surface area contributed by atoms with Gasteiger partial charge in [0, 0.05) is 6.61 Å². The zero-order chi connectivity index (χ0) is 29.0. The Kier molecular flexibility index (Phi) is 11.4. The van der Waals surface area contributed by atoms with Crippen LogP contribution < -0.4 is 0 Å². The summed E-state index contributed by atoms with van der Waals surface area (Å²) in [5, 5.41) is 0. The van der Waals surface area contributed by atoms with E-state index >= 15 is 0 Å². The first-order valence-corrected chi connectivity index (χ1v) is 18.2. The maximum absolute atomic E-state index is 6.52. The van der Waals surface area contributed by atoms with E-state index in [4.69, 9.17) is 4.74 Å². The lowest BCUT2D eigenvalue weighted by molar-refractivity contribution is -0.0641. The van der Waals surface area contributed by atoms with Crippen LogP contribution >= 0.6 is 0 Å². The van der Waals surface area contributed by atoms with Crippen LogP contribution in [0, 0.1) is 51.8 Å². The number of ether oxygens (including phenoxy) is 1. The van der Waals surface area contributed by atoms with Gasteiger partial charge < -0.3 is 4.74 Å². The van der Waals surface area contributed by atoms with Gasteiger partial charge in [-0.15, -0.1) is 0 Å². The van der Waals surface area contributed by atoms with Gasteiger partial charge in [-0.1, -0.05) is 118 Å². The molecular weight excluding hydrogens is 484 g/mol. The van der Waals surface area contributed by atoms with Crippen LogP contribution in [0.3, 0.4) is 0 Å². The van der Waals surface area contributed by atoms with E-state index in [0.29, 0.717) is 22.3 Å². The molecule has 1 nitrogen and oxygen atoms in total. The fourth-order valence-electron chi connectivity index (χ4n) is 10.5. The van der Waals surface area contributed by atoms with Gasteiger partial charge >= 0.3 is 0 Å². The second-order valence-corrected chi connectivity index (χ2v) is 17.5. The highest BCUT2D eigenvalue weighted by Gasteiger charge is 2.59. The van der Waals surface area contributed by atoms with Crippen molar-refractivity contribution in [1.29, 1.82) is 0 Å². The monoisotopic (exact) mass is 555 g/mol. The van der Waals surface area contributed by atoms with Gasteiger partial charge in [0.15, 0.2) is 0 Å². The van der Waals surface area contributed by atoms with Crippen LogP contribution in [0.15, 0.2) is 11.6 Å². The van der Waals surface area contributed by atoms with Crippen molar-refractivity contribution in [3.63, 3.8) is 0 Å². The van der Waals surface area contributed by atoms with E-state index in [1.165, 1.54) is 116 Å². The Balaban J connectivity index is 1.22. The third-order valence-corrected chi connectivity index (χ3v) is 12.9. The molecule has 3 fully saturated rings. The Labute approximate surface area is 251 Å². The van der Waals surface area contributed by atoms with E-state index in [9.17, 15) is 0 Å². The SMILES string of the molecule is CC(C)CCCC(C)C1CCC2C3CC=C4CC(OCCCCCCCCC(C)(C)C)CCC4(C)C3CCC12C. The molecule has 0 aromatic heterocycles. The molecule has 0 aromatic rings. The minimum absolute atomic E-state index is 0.456. The van der Waals surface area contributed by atoms with E-state index < -0.39 is 0 Å². The Morgan fingerprint density at radius 3 is 2.27 bits per heavy atom. The summed E-state index contributed by atoms with van der Waals surface area (Å²) in [6, 6.07) is 0. The van der Waals surface area contributed by atoms with Crippen molar-refractivity contribution in [2.75, 3.05) is 6.61 Å². The fraction of sp³-hybridized carbons (Fsp3) is 0.949. The molecule has 0 aromatic carbocycles. The number of unbranched alkanes of at least 4 members (excludes halogenated alkanes) is 5. The lowest BCUT2D eigenvalue weighted by Gasteiger charge is -2.58. The third kappa shape index (κ3) is 7.80. The molecule has 1 heteroatoms. The van der Waals surface area contributed by atoms with Crippen molar-refractivity contribution in [3.8, 4) is 0 Å². The van der Waals surface area contributed by atoms with Crippen molar-refractivity contribution < 1.29 is 4.74 Å². The number of hydrogen-bond donors (Lipinski definition) is 0. The van der Waals surface area contributed by atoms with Crippen LogP contribution in [0.25, 0.3) is 0 Å². The highest BCUT2D eigenvalue weighted by atomic mass is 16.5. The van der Waals surface area contributed by atoms with Gasteiger partial charge in [-0.2, -0.15) is 0 Å². The van der Waals surface area contributed by atoms with Crippen LogP contribution in [0.4, 0.5) is 0 Å². The van der Waals surface area contributed by atoms with E-state index in [1.807, 2.05) is 0 Å². The molecule has 0 radical (unpaired) electrons. The summed E-state index contributed by atoms with van der Waals surface area (Å²) in [5.41, 5.74) is 3.36. The van der Waals surface area contributed by atoms with Crippen molar-refractivity contribution in [2.45, 2.75) is 177 Å². The van der Waals surface area contributed by atoms with Gasteiger partial charge in [-0.25, -0.2) is 0 Å². The highest BCUT2D eigenvalue weighted by Crippen LogP contribution is 2.67. The van der Waals surface area contributed by atoms with Crippen molar-refractivity contribution in [1.82, 2.24) is 0 Å². The summed E-state index contributed by atoms with van der Waals surface area (Å²) in [6.07, 6.45) is 28.4. The first-order valence-electron chi connectivity index (χ1n) is 18.2. The van der Waals surface area contributed by atoms with Gasteiger partial charge in [0.05, 0.1) is 6.10 Å². The minimum atomic E-state index is 0.456. The van der Waals surface area contributed by atoms with Gasteiger partial charge in [0.25, 0.3) is 0 Å². The van der Waals surface area contributed by atoms with Crippen LogP contribution in [0.5, 0.6) is 0 Å². The Morgan fingerprint density at radius 2 is 1.55 bits per heavy atom. The quantitative estimate of drug-likeness (QED) is 0.153. The molecule has 3 saturated carbocycles. The molecule has 8 atom stereocenters. The van der Waals surface area contributed by atoms with E-state index in [-0.39, 0.29) is 0 Å². The predicted molar refractivity (Wildman–Crippen MR) is 175 cm³/mol. The van der Waals surface area contributed by atoms with Crippen molar-refractivity contribution in [2.24, 2.45) is 51.8 Å². The number of allylic oxidation sites excluding steroid dienone is 1. The summed E-state index contributed by atoms with van der Waals surface area (Å²) in [6.45, 7) is 20.9. The molecule has 4 rings (SSSR count). The van der Waals surface area contributed by atoms with Crippen LogP contribution in [-0.4, -0.2) is 12.7 Å². The van der Waals surface area contributed by atoms with Crippen molar-refractivity contribution >= 4 is 0 Å². The molecule has 0 aliphatic heterocycles. The lowest BCUT2D eigenvalue weighted by atomic mass is 9.47. The Morgan fingerprint density at radius 1 is 0.825 bits per heavy atom. The minimum Gasteiger partial charge on any atom is -0.378 e. The van der Waals surface area contributed by atoms with Gasteiger partial charge in [-0.3, -0.25) is 0 Å². The summed E-state index contributed by atoms with van der Waals surface area (Å²) < 4.78 is 6.52. The lowest BCUT2D eigenvalue weighted by Crippen LogP contribution is -2.51. The van der Waals surface area contributed by atoms with Crippen LogP contribution in [0.1, 0.15) is 171 Å². The van der Waals surface area contributed by atoms with Gasteiger partial charge in [-0.05, 0) is 116 Å². The molecule has 232 valence electrons. The molecule has 0 N–H and O–H groups in total. The first kappa shape index (κ1) is 32.6. The zero-order valence-corrected chi connectivity index (χ0v) is 28.5. The first-order chi connectivity index (χ1) is 18.9. The zero-order valence-electron chi connectivity index (χ0n) is 28.5. The second kappa shape index (κ2) is 14.0. The molecule has 40 heavy (non-hydrogen) atoms. The molecule has 8 unspecified atom stereocenters. The normalized spacial score (nSPS) is 36.6. The number of fused-ring (bicyclic) bond motifs is 5. The molecule has 0 spiro atoms. The smallest absolute Gasteiger partial charge is 0.0612 e. The maximum atomic E-state index is 6.52. The molecular formula is C39H70O. The number of hydrogen-bond acceptors (Lipinski definition) is 1. The van der Waals surface area contributed by atoms with E-state index in [2.05, 4.69) is 61.5 Å². The van der Waals surface area contributed by atoms with E-state index in [0.717, 1.165) is 42.1 Å². The second-order valence-electron chi connectivity index (χ2n) is 17.5. The molecule has 0 bridgehead atoms. The molecule has 4 aliphatic carbocycles.